The van der Waals surface area contributed by atoms with Crippen LogP contribution in [-0.4, -0.2) is 52.2 Å². The molecule has 6 rings (SSSR count). The number of halogens is 1. The Morgan fingerprint density at radius 3 is 2.76 bits per heavy atom. The molecule has 0 amide bonds. The fraction of sp³-hybridized carbons (Fsp3) is 0.185. The predicted molar refractivity (Wildman–Crippen MR) is 131 cm³/mol. The lowest BCUT2D eigenvalue weighted by Gasteiger charge is -2.13. The number of hydrogen-bond acceptors (Lipinski definition) is 5. The first-order valence-corrected chi connectivity index (χ1v) is 11.4. The Morgan fingerprint density at radius 2 is 1.91 bits per heavy atom. The number of nitrogens with one attached hydrogen (secondary N) is 1. The predicted octanol–water partition coefficient (Wildman–Crippen LogP) is 3.43. The zero-order valence-electron chi connectivity index (χ0n) is 18.8. The Bertz CT molecular complexity index is 1450. The maximum Gasteiger partial charge on any atom is 0.160 e. The van der Waals surface area contributed by atoms with Crippen molar-refractivity contribution in [3.63, 3.8) is 0 Å². The molecule has 1 fully saturated rings. The van der Waals surface area contributed by atoms with Crippen molar-refractivity contribution in [2.45, 2.75) is 12.5 Å². The molecule has 2 aliphatic heterocycles. The van der Waals surface area contributed by atoms with Gasteiger partial charge in [0.1, 0.15) is 18.1 Å². The van der Waals surface area contributed by atoms with E-state index in [1.54, 1.807) is 18.3 Å². The standard InChI is InChI=1S/C27H23FN6/c1-33-10-8-21(17-33)34-16-20(15-31-34)18-11-19(14-29-13-18)24-12-26(23-5-2-3-7-25(23)28)32-27-22(24)6-4-9-30-27/h2-7,9,11-16,21H,8,10,17H2,1H3/p+1. The maximum atomic E-state index is 14.6. The second kappa shape index (κ2) is 8.52. The molecule has 0 saturated carbocycles. The fourth-order valence-corrected chi connectivity index (χ4v) is 4.78. The van der Waals surface area contributed by atoms with Crippen LogP contribution in [0.15, 0.2) is 78.4 Å². The fourth-order valence-electron chi connectivity index (χ4n) is 4.78. The molecule has 0 bridgehead atoms. The number of likely N-dealkylation sites (tertiary alicyclic amines) is 1. The van der Waals surface area contributed by atoms with Crippen molar-refractivity contribution >= 4 is 22.8 Å². The molecule has 7 heteroatoms. The van der Waals surface area contributed by atoms with E-state index in [-0.39, 0.29) is 5.82 Å². The summed E-state index contributed by atoms with van der Waals surface area (Å²) >= 11 is 0. The summed E-state index contributed by atoms with van der Waals surface area (Å²) in [6.45, 7) is 2.15. The highest BCUT2D eigenvalue weighted by Gasteiger charge is 2.31. The Morgan fingerprint density at radius 1 is 1.03 bits per heavy atom. The molecule has 5 heterocycles. The van der Waals surface area contributed by atoms with E-state index in [2.05, 4.69) is 39.2 Å². The van der Waals surface area contributed by atoms with Crippen LogP contribution in [0.5, 0.6) is 0 Å². The molecular weight excluding hydrogens is 427 g/mol. The highest BCUT2D eigenvalue weighted by atomic mass is 19.1. The molecule has 3 aromatic heterocycles. The molecule has 1 N–H and O–H groups in total. The number of nitrogens with zero attached hydrogens (tertiary/aromatic N) is 5. The lowest BCUT2D eigenvalue weighted by molar-refractivity contribution is -0.876. The van der Waals surface area contributed by atoms with Crippen LogP contribution in [-0.2, 0) is 0 Å². The van der Waals surface area contributed by atoms with Crippen LogP contribution in [0.3, 0.4) is 0 Å². The highest BCUT2D eigenvalue weighted by molar-refractivity contribution is 6.10. The number of fused-ring (bicyclic) bond motifs is 1. The number of aromatic nitrogens is 3. The molecular formula is C27H24FN6+. The van der Waals surface area contributed by atoms with Gasteiger partial charge in [0.05, 0.1) is 24.0 Å². The Kier molecular flexibility index (Phi) is 5.20. The molecule has 1 aromatic carbocycles. The summed E-state index contributed by atoms with van der Waals surface area (Å²) < 4.78 is 14.6. The van der Waals surface area contributed by atoms with Crippen LogP contribution in [0.4, 0.5) is 4.39 Å². The minimum Gasteiger partial charge on any atom is -0.300 e. The van der Waals surface area contributed by atoms with E-state index in [0.29, 0.717) is 22.9 Å². The molecule has 168 valence electrons. The summed E-state index contributed by atoms with van der Waals surface area (Å²) in [5.41, 5.74) is 5.49. The zero-order chi connectivity index (χ0) is 23.1. The molecule has 0 radical (unpaired) electrons. The third-order valence-electron chi connectivity index (χ3n) is 6.58. The van der Waals surface area contributed by atoms with Crippen molar-refractivity contribution in [1.29, 1.82) is 0 Å². The molecule has 2 atom stereocenters. The number of pyridine rings is 3. The average Bonchev–Trinajstić information content (AvgIpc) is 3.53. The van der Waals surface area contributed by atoms with Crippen molar-refractivity contribution in [1.82, 2.24) is 19.9 Å². The number of rotatable bonds is 4. The summed E-state index contributed by atoms with van der Waals surface area (Å²) in [7, 11) is 2.15. The number of quaternary nitrogens is 1. The summed E-state index contributed by atoms with van der Waals surface area (Å²) in [6, 6.07) is 15.1. The van der Waals surface area contributed by atoms with Gasteiger partial charge in [-0.05, 0) is 49.0 Å². The van der Waals surface area contributed by atoms with Gasteiger partial charge in [-0.25, -0.2) is 14.4 Å². The number of allylic oxidation sites excluding steroid dienone is 1. The number of likely N-dealkylation sites (N-methyl/N-ethyl adjacent to an activating group) is 1. The van der Waals surface area contributed by atoms with Crippen LogP contribution in [0.2, 0.25) is 0 Å². The molecule has 2 unspecified atom stereocenters. The maximum absolute atomic E-state index is 14.6. The minimum absolute atomic E-state index is 0.309. The number of benzene rings is 1. The van der Waals surface area contributed by atoms with Crippen LogP contribution >= 0.6 is 0 Å². The summed E-state index contributed by atoms with van der Waals surface area (Å²) in [6.07, 6.45) is 10.7. The first kappa shape index (κ1) is 20.8. The van der Waals surface area contributed by atoms with Crippen molar-refractivity contribution < 1.29 is 9.40 Å². The van der Waals surface area contributed by atoms with E-state index in [1.165, 1.54) is 6.07 Å². The normalized spacial score (nSPS) is 20.2. The van der Waals surface area contributed by atoms with Crippen LogP contribution in [0.25, 0.3) is 39.0 Å². The van der Waals surface area contributed by atoms with Gasteiger partial charge in [0, 0.05) is 53.6 Å². The Balaban J connectivity index is 1.42. The smallest absolute Gasteiger partial charge is 0.160 e. The van der Waals surface area contributed by atoms with E-state index in [0.717, 1.165) is 52.2 Å². The van der Waals surface area contributed by atoms with Gasteiger partial charge in [-0.15, -0.1) is 0 Å². The average molecular weight is 452 g/mol. The summed E-state index contributed by atoms with van der Waals surface area (Å²) in [5.74, 6) is -0.309. The van der Waals surface area contributed by atoms with E-state index in [1.807, 2.05) is 42.9 Å². The van der Waals surface area contributed by atoms with Gasteiger partial charge >= 0.3 is 0 Å². The molecule has 1 saturated heterocycles. The largest absolute Gasteiger partial charge is 0.300 e. The Labute approximate surface area is 197 Å². The third-order valence-corrected chi connectivity index (χ3v) is 6.58. The first-order valence-electron chi connectivity index (χ1n) is 11.4. The second-order valence-electron chi connectivity index (χ2n) is 8.90. The SMILES string of the molecule is CN1CCC([NH+]2C=C(c3cncc(-c4cc(-c5ccccc5F)nc5ncccc45)c3)C=N2)C1. The molecule has 0 aliphatic carbocycles. The van der Waals surface area contributed by atoms with Gasteiger partial charge in [-0.3, -0.25) is 4.98 Å². The lowest BCUT2D eigenvalue weighted by atomic mass is 9.98. The molecule has 34 heavy (non-hydrogen) atoms. The van der Waals surface area contributed by atoms with Gasteiger partial charge in [-0.2, -0.15) is 5.01 Å². The van der Waals surface area contributed by atoms with E-state index in [4.69, 9.17) is 5.10 Å². The van der Waals surface area contributed by atoms with Crippen molar-refractivity contribution in [3.05, 3.63) is 84.7 Å². The van der Waals surface area contributed by atoms with E-state index >= 15 is 0 Å². The topological polar surface area (TPSA) is 58.7 Å². The molecule has 0 spiro atoms. The quantitative estimate of drug-likeness (QED) is 0.517. The van der Waals surface area contributed by atoms with E-state index < -0.39 is 0 Å². The molecule has 4 aromatic rings. The van der Waals surface area contributed by atoms with Crippen LogP contribution in [0.1, 0.15) is 12.0 Å². The van der Waals surface area contributed by atoms with Gasteiger partial charge in [-0.1, -0.05) is 17.2 Å². The van der Waals surface area contributed by atoms with Crippen LogP contribution in [0, 0.1) is 5.82 Å². The lowest BCUT2D eigenvalue weighted by Crippen LogP contribution is -3.06. The monoisotopic (exact) mass is 451 g/mol. The van der Waals surface area contributed by atoms with Crippen molar-refractivity contribution in [2.75, 3.05) is 20.1 Å². The van der Waals surface area contributed by atoms with Gasteiger partial charge < -0.3 is 4.90 Å². The minimum atomic E-state index is -0.309. The van der Waals surface area contributed by atoms with Crippen molar-refractivity contribution in [3.8, 4) is 22.4 Å². The molecule has 6 nitrogen and oxygen atoms in total. The van der Waals surface area contributed by atoms with Gasteiger partial charge in [0.15, 0.2) is 5.65 Å². The molecule has 2 aliphatic rings. The zero-order valence-corrected chi connectivity index (χ0v) is 18.8. The van der Waals surface area contributed by atoms with Gasteiger partial charge in [0.2, 0.25) is 0 Å². The number of hydrogen-bond donors (Lipinski definition) is 1. The second-order valence-corrected chi connectivity index (χ2v) is 8.90. The van der Waals surface area contributed by atoms with Crippen molar-refractivity contribution in [2.24, 2.45) is 5.10 Å². The van der Waals surface area contributed by atoms with Gasteiger partial charge in [0.25, 0.3) is 0 Å². The highest BCUT2D eigenvalue weighted by Crippen LogP contribution is 2.33. The first-order chi connectivity index (χ1) is 16.7. The van der Waals surface area contributed by atoms with E-state index in [9.17, 15) is 4.39 Å². The van der Waals surface area contributed by atoms with Crippen LogP contribution < -0.4 is 5.01 Å². The Hall–Kier alpha value is -3.81. The third kappa shape index (κ3) is 3.79. The summed E-state index contributed by atoms with van der Waals surface area (Å²) in [5, 5.41) is 6.75. The summed E-state index contributed by atoms with van der Waals surface area (Å²) in [4.78, 5) is 16.0.